The van der Waals surface area contributed by atoms with Gasteiger partial charge in [0.15, 0.2) is 5.82 Å². The molecule has 0 fully saturated rings. The molecule has 1 aliphatic carbocycles. The summed E-state index contributed by atoms with van der Waals surface area (Å²) in [6.07, 6.45) is 6.15. The van der Waals surface area contributed by atoms with Crippen molar-refractivity contribution in [3.8, 4) is 56.3 Å². The van der Waals surface area contributed by atoms with E-state index in [1.807, 2.05) is 30.5 Å². The number of nitrogens with zero attached hydrogens (tertiary/aromatic N) is 3. The molecular formula is C44H29N3O. The van der Waals surface area contributed by atoms with Crippen LogP contribution >= 0.6 is 0 Å². The number of allylic oxidation sites excluding steroid dienone is 1. The van der Waals surface area contributed by atoms with Crippen molar-refractivity contribution in [1.82, 2.24) is 14.5 Å². The van der Waals surface area contributed by atoms with Crippen LogP contribution in [-0.4, -0.2) is 14.5 Å². The van der Waals surface area contributed by atoms with Crippen molar-refractivity contribution in [3.05, 3.63) is 163 Å². The van der Waals surface area contributed by atoms with Gasteiger partial charge in [-0.1, -0.05) is 91.0 Å². The van der Waals surface area contributed by atoms with Gasteiger partial charge in [0.25, 0.3) is 0 Å². The summed E-state index contributed by atoms with van der Waals surface area (Å²) >= 11 is 0. The summed E-state index contributed by atoms with van der Waals surface area (Å²) in [5.41, 5.74) is 13.8. The molecule has 0 radical (unpaired) electrons. The fourth-order valence-corrected chi connectivity index (χ4v) is 7.49. The predicted molar refractivity (Wildman–Crippen MR) is 195 cm³/mol. The Morgan fingerprint density at radius 3 is 2.35 bits per heavy atom. The molecule has 4 heteroatoms. The van der Waals surface area contributed by atoms with Gasteiger partial charge in [-0.3, -0.25) is 0 Å². The second-order valence-corrected chi connectivity index (χ2v) is 12.5. The van der Waals surface area contributed by atoms with Gasteiger partial charge in [0.05, 0.1) is 16.7 Å². The Bertz CT molecular complexity index is 2600. The molecule has 0 spiro atoms. The summed E-state index contributed by atoms with van der Waals surface area (Å²) in [5.74, 6) is 2.63. The maximum absolute atomic E-state index is 6.43. The van der Waals surface area contributed by atoms with Crippen molar-refractivity contribution < 1.29 is 4.74 Å². The molecule has 4 nitrogen and oxygen atoms in total. The molecule has 0 saturated carbocycles. The van der Waals surface area contributed by atoms with Gasteiger partial charge in [-0.25, -0.2) is 9.97 Å². The van der Waals surface area contributed by atoms with Gasteiger partial charge in [-0.15, -0.1) is 0 Å². The van der Waals surface area contributed by atoms with Crippen LogP contribution < -0.4 is 4.74 Å². The van der Waals surface area contributed by atoms with Gasteiger partial charge in [-0.05, 0) is 89.7 Å². The van der Waals surface area contributed by atoms with E-state index in [4.69, 9.17) is 9.72 Å². The van der Waals surface area contributed by atoms with Crippen LogP contribution in [0.2, 0.25) is 0 Å². The average molecular weight is 616 g/mol. The second kappa shape index (κ2) is 10.6. The average Bonchev–Trinajstić information content (AvgIpc) is 3.49. The Balaban J connectivity index is 1.08. The lowest BCUT2D eigenvalue weighted by molar-refractivity contribution is 0.505. The summed E-state index contributed by atoms with van der Waals surface area (Å²) in [5, 5.41) is 2.43. The van der Waals surface area contributed by atoms with Gasteiger partial charge in [0.2, 0.25) is 0 Å². The van der Waals surface area contributed by atoms with E-state index in [2.05, 4.69) is 131 Å². The van der Waals surface area contributed by atoms with Crippen LogP contribution in [-0.2, 0) is 6.42 Å². The first-order valence-electron chi connectivity index (χ1n) is 16.5. The molecule has 8 aromatic rings. The number of aryl methyl sites for hydroxylation is 1. The SMILES string of the molecule is C1=C2Oc3ccc(-c4ccc5c(c4)c4ccccc4n5-c4cccc(-c5nccc(-c6ccccc6)n5)c4)cc3-c3cccc(c32)CC1. The maximum atomic E-state index is 6.43. The largest absolute Gasteiger partial charge is 0.456 e. The highest BCUT2D eigenvalue weighted by Gasteiger charge is 2.26. The third-order valence-electron chi connectivity index (χ3n) is 9.72. The minimum atomic E-state index is 0.708. The van der Waals surface area contributed by atoms with Gasteiger partial charge in [-0.2, -0.15) is 0 Å². The van der Waals surface area contributed by atoms with Crippen LogP contribution in [0.1, 0.15) is 17.5 Å². The quantitative estimate of drug-likeness (QED) is 0.198. The van der Waals surface area contributed by atoms with Crippen molar-refractivity contribution in [2.24, 2.45) is 0 Å². The summed E-state index contributed by atoms with van der Waals surface area (Å²) in [6, 6.07) is 49.5. The highest BCUT2D eigenvalue weighted by Crippen LogP contribution is 2.47. The number of aromatic nitrogens is 3. The summed E-state index contributed by atoms with van der Waals surface area (Å²) in [7, 11) is 0. The van der Waals surface area contributed by atoms with Crippen LogP contribution in [0.15, 0.2) is 152 Å². The zero-order valence-electron chi connectivity index (χ0n) is 26.1. The van der Waals surface area contributed by atoms with Crippen LogP contribution in [0.5, 0.6) is 5.75 Å². The molecule has 3 heterocycles. The van der Waals surface area contributed by atoms with E-state index in [9.17, 15) is 0 Å². The number of fused-ring (bicyclic) bond motifs is 5. The molecule has 1 aliphatic heterocycles. The zero-order chi connectivity index (χ0) is 31.6. The zero-order valence-corrected chi connectivity index (χ0v) is 26.1. The first kappa shape index (κ1) is 26.9. The summed E-state index contributed by atoms with van der Waals surface area (Å²) < 4.78 is 8.78. The Morgan fingerprint density at radius 2 is 1.40 bits per heavy atom. The van der Waals surface area contributed by atoms with Gasteiger partial charge in [0, 0.05) is 44.9 Å². The molecule has 2 aliphatic rings. The minimum Gasteiger partial charge on any atom is -0.456 e. The van der Waals surface area contributed by atoms with E-state index < -0.39 is 0 Å². The van der Waals surface area contributed by atoms with Gasteiger partial charge in [0.1, 0.15) is 11.5 Å². The number of rotatable bonds is 4. The number of para-hydroxylation sites is 1. The lowest BCUT2D eigenvalue weighted by Gasteiger charge is -2.28. The molecule has 0 unspecified atom stereocenters. The third-order valence-corrected chi connectivity index (χ3v) is 9.72. The molecule has 0 N–H and O–H groups in total. The van der Waals surface area contributed by atoms with Crippen molar-refractivity contribution in [2.75, 3.05) is 0 Å². The third kappa shape index (κ3) is 4.23. The van der Waals surface area contributed by atoms with E-state index in [0.717, 1.165) is 63.5 Å². The number of ether oxygens (including phenoxy) is 1. The smallest absolute Gasteiger partial charge is 0.159 e. The predicted octanol–water partition coefficient (Wildman–Crippen LogP) is 10.9. The monoisotopic (exact) mass is 615 g/mol. The van der Waals surface area contributed by atoms with E-state index in [1.54, 1.807) is 0 Å². The molecule has 6 aromatic carbocycles. The topological polar surface area (TPSA) is 39.9 Å². The first-order valence-corrected chi connectivity index (χ1v) is 16.5. The summed E-state index contributed by atoms with van der Waals surface area (Å²) in [4.78, 5) is 9.59. The maximum Gasteiger partial charge on any atom is 0.159 e. The fourth-order valence-electron chi connectivity index (χ4n) is 7.49. The molecule has 0 amide bonds. The van der Waals surface area contributed by atoms with Crippen LogP contribution in [0.25, 0.3) is 78.2 Å². The van der Waals surface area contributed by atoms with Crippen LogP contribution in [0.3, 0.4) is 0 Å². The normalized spacial score (nSPS) is 13.1. The number of hydrogen-bond donors (Lipinski definition) is 0. The van der Waals surface area contributed by atoms with Crippen molar-refractivity contribution in [3.63, 3.8) is 0 Å². The standard InChI is InChI=1S/C44H29N3O/c1-2-9-28(10-3-1)38-23-24-45-44(46-38)32-13-6-14-33(25-32)47-39-17-5-4-15-34(39)36-26-30(19-21-40(36)47)31-20-22-41-37(27-31)35-16-7-11-29-12-8-18-42(48-41)43(29)35/h1-7,9-11,13-27H,8,12H2. The lowest BCUT2D eigenvalue weighted by Crippen LogP contribution is -2.11. The van der Waals surface area contributed by atoms with E-state index in [0.29, 0.717) is 5.82 Å². The van der Waals surface area contributed by atoms with Crippen LogP contribution in [0.4, 0.5) is 0 Å². The second-order valence-electron chi connectivity index (χ2n) is 12.5. The van der Waals surface area contributed by atoms with E-state index in [1.165, 1.54) is 38.6 Å². The molecule has 226 valence electrons. The molecule has 10 rings (SSSR count). The highest BCUT2D eigenvalue weighted by molar-refractivity contribution is 6.10. The van der Waals surface area contributed by atoms with Crippen LogP contribution in [0, 0.1) is 0 Å². The van der Waals surface area contributed by atoms with Crippen molar-refractivity contribution in [1.29, 1.82) is 0 Å². The Morgan fingerprint density at radius 1 is 0.583 bits per heavy atom. The van der Waals surface area contributed by atoms with Crippen molar-refractivity contribution >= 4 is 27.6 Å². The Kier molecular flexibility index (Phi) is 5.97. The highest BCUT2D eigenvalue weighted by atomic mass is 16.5. The molecule has 2 aromatic heterocycles. The first-order chi connectivity index (χ1) is 23.8. The molecule has 48 heavy (non-hydrogen) atoms. The molecule has 0 saturated heterocycles. The summed E-state index contributed by atoms with van der Waals surface area (Å²) in [6.45, 7) is 0. The number of benzene rings is 6. The number of hydrogen-bond acceptors (Lipinski definition) is 3. The van der Waals surface area contributed by atoms with Gasteiger partial charge >= 0.3 is 0 Å². The fraction of sp³-hybridized carbons (Fsp3) is 0.0455. The van der Waals surface area contributed by atoms with E-state index in [-0.39, 0.29) is 0 Å². The van der Waals surface area contributed by atoms with Crippen molar-refractivity contribution in [2.45, 2.75) is 12.8 Å². The molecule has 0 bridgehead atoms. The van der Waals surface area contributed by atoms with E-state index >= 15 is 0 Å². The molecule has 0 atom stereocenters. The molecular weight excluding hydrogens is 587 g/mol. The minimum absolute atomic E-state index is 0.708. The Hall–Kier alpha value is -6.26. The van der Waals surface area contributed by atoms with Gasteiger partial charge < -0.3 is 9.30 Å². The lowest BCUT2D eigenvalue weighted by atomic mass is 9.86. The Labute approximate surface area is 278 Å².